The van der Waals surface area contributed by atoms with Gasteiger partial charge in [-0.25, -0.2) is 0 Å². The van der Waals surface area contributed by atoms with Crippen molar-refractivity contribution in [3.63, 3.8) is 0 Å². The molecule has 2 rings (SSSR count). The van der Waals surface area contributed by atoms with Crippen LogP contribution in [0.4, 0.5) is 5.69 Å². The smallest absolute Gasteiger partial charge is 0.258 e. The molecular weight excluding hydrogens is 324 g/mol. The molecule has 24 heavy (non-hydrogen) atoms. The third kappa shape index (κ3) is 4.83. The zero-order valence-corrected chi connectivity index (χ0v) is 14.6. The molecule has 0 saturated heterocycles. The topological polar surface area (TPSA) is 49.4 Å². The van der Waals surface area contributed by atoms with E-state index >= 15 is 0 Å². The summed E-state index contributed by atoms with van der Waals surface area (Å²) in [6.07, 6.45) is 0.847. The predicted molar refractivity (Wildman–Crippen MR) is 97.4 cm³/mol. The number of rotatable bonds is 6. The molecule has 0 heterocycles. The Labute approximate surface area is 147 Å². The van der Waals surface area contributed by atoms with Gasteiger partial charge in [0.15, 0.2) is 0 Å². The van der Waals surface area contributed by atoms with Crippen molar-refractivity contribution in [2.75, 3.05) is 11.4 Å². The van der Waals surface area contributed by atoms with E-state index in [0.717, 1.165) is 17.7 Å². The number of hydrogen-bond acceptors (Lipinski definition) is 2. The zero-order chi connectivity index (χ0) is 17.5. The van der Waals surface area contributed by atoms with Crippen molar-refractivity contribution in [1.82, 2.24) is 5.32 Å². The van der Waals surface area contributed by atoms with Crippen molar-refractivity contribution < 1.29 is 9.59 Å². The van der Waals surface area contributed by atoms with Gasteiger partial charge >= 0.3 is 0 Å². The van der Waals surface area contributed by atoms with Crippen LogP contribution in [0.15, 0.2) is 48.5 Å². The summed E-state index contributed by atoms with van der Waals surface area (Å²) in [5.41, 5.74) is 2.31. The van der Waals surface area contributed by atoms with Gasteiger partial charge in [0.2, 0.25) is 5.91 Å². The van der Waals surface area contributed by atoms with Crippen LogP contribution in [0.5, 0.6) is 0 Å². The van der Waals surface area contributed by atoms with E-state index in [2.05, 4.69) is 5.32 Å². The molecule has 5 heteroatoms. The first-order chi connectivity index (χ1) is 11.5. The third-order valence-corrected chi connectivity index (χ3v) is 3.80. The standard InChI is InChI=1S/C19H21ClN2O2/c1-3-11-22(18-9-7-17(20)8-10-18)19(24)16-6-4-5-15(12-16)13-21-14(2)23/h4-10,12H,3,11,13H2,1-2H3,(H,21,23). The van der Waals surface area contributed by atoms with Crippen molar-refractivity contribution in [3.8, 4) is 0 Å². The highest BCUT2D eigenvalue weighted by atomic mass is 35.5. The van der Waals surface area contributed by atoms with E-state index in [-0.39, 0.29) is 11.8 Å². The number of carbonyl (C=O) groups is 2. The number of carbonyl (C=O) groups excluding carboxylic acids is 2. The molecule has 2 aromatic rings. The summed E-state index contributed by atoms with van der Waals surface area (Å²) in [5, 5.41) is 3.38. The molecular formula is C19H21ClN2O2. The van der Waals surface area contributed by atoms with Crippen molar-refractivity contribution in [2.24, 2.45) is 0 Å². The molecule has 126 valence electrons. The van der Waals surface area contributed by atoms with Gasteiger partial charge in [-0.15, -0.1) is 0 Å². The number of halogens is 1. The second-order valence-electron chi connectivity index (χ2n) is 5.54. The van der Waals surface area contributed by atoms with Crippen LogP contribution in [0.1, 0.15) is 36.2 Å². The van der Waals surface area contributed by atoms with Gasteiger partial charge in [0, 0.05) is 36.3 Å². The minimum Gasteiger partial charge on any atom is -0.352 e. The highest BCUT2D eigenvalue weighted by Gasteiger charge is 2.17. The summed E-state index contributed by atoms with van der Waals surface area (Å²) >= 11 is 5.93. The molecule has 2 amide bonds. The van der Waals surface area contributed by atoms with Gasteiger partial charge in [-0.1, -0.05) is 30.7 Å². The average Bonchev–Trinajstić information content (AvgIpc) is 2.58. The van der Waals surface area contributed by atoms with E-state index in [1.165, 1.54) is 6.92 Å². The Morgan fingerprint density at radius 2 is 1.83 bits per heavy atom. The van der Waals surface area contributed by atoms with Crippen molar-refractivity contribution in [1.29, 1.82) is 0 Å². The van der Waals surface area contributed by atoms with Gasteiger partial charge in [0.25, 0.3) is 5.91 Å². The number of hydrogen-bond donors (Lipinski definition) is 1. The van der Waals surface area contributed by atoms with Gasteiger partial charge in [0.05, 0.1) is 0 Å². The van der Waals surface area contributed by atoms with Crippen LogP contribution in [-0.4, -0.2) is 18.4 Å². The Morgan fingerprint density at radius 1 is 1.12 bits per heavy atom. The number of benzene rings is 2. The lowest BCUT2D eigenvalue weighted by molar-refractivity contribution is -0.119. The molecule has 0 aliphatic heterocycles. The first-order valence-corrected chi connectivity index (χ1v) is 8.30. The second-order valence-corrected chi connectivity index (χ2v) is 5.98. The lowest BCUT2D eigenvalue weighted by Gasteiger charge is -2.22. The molecule has 0 fully saturated rings. The molecule has 1 N–H and O–H groups in total. The van der Waals surface area contributed by atoms with Crippen LogP contribution >= 0.6 is 11.6 Å². The lowest BCUT2D eigenvalue weighted by atomic mass is 10.1. The summed E-state index contributed by atoms with van der Waals surface area (Å²) < 4.78 is 0. The van der Waals surface area contributed by atoms with Crippen LogP contribution in [-0.2, 0) is 11.3 Å². The Balaban J connectivity index is 2.24. The molecule has 0 unspecified atom stereocenters. The van der Waals surface area contributed by atoms with E-state index in [4.69, 9.17) is 11.6 Å². The highest BCUT2D eigenvalue weighted by Crippen LogP contribution is 2.21. The molecule has 0 bridgehead atoms. The SMILES string of the molecule is CCCN(C(=O)c1cccc(CNC(C)=O)c1)c1ccc(Cl)cc1. The summed E-state index contributed by atoms with van der Waals surface area (Å²) in [4.78, 5) is 25.7. The largest absolute Gasteiger partial charge is 0.352 e. The van der Waals surface area contributed by atoms with E-state index in [0.29, 0.717) is 23.7 Å². The minimum atomic E-state index is -0.0968. The maximum Gasteiger partial charge on any atom is 0.258 e. The summed E-state index contributed by atoms with van der Waals surface area (Å²) in [6, 6.07) is 14.6. The Bertz CT molecular complexity index is 714. The third-order valence-electron chi connectivity index (χ3n) is 3.55. The Hall–Kier alpha value is -2.33. The van der Waals surface area contributed by atoms with Crippen LogP contribution in [0.25, 0.3) is 0 Å². The molecule has 0 aliphatic carbocycles. The maximum atomic E-state index is 12.9. The Kier molecular flexibility index (Phi) is 6.38. The molecule has 0 saturated carbocycles. The van der Waals surface area contributed by atoms with Crippen molar-refractivity contribution >= 4 is 29.1 Å². The summed E-state index contributed by atoms with van der Waals surface area (Å²) in [6.45, 7) is 4.53. The molecule has 0 aromatic heterocycles. The first-order valence-electron chi connectivity index (χ1n) is 7.92. The van der Waals surface area contributed by atoms with E-state index in [9.17, 15) is 9.59 Å². The summed E-state index contributed by atoms with van der Waals surface area (Å²) in [7, 11) is 0. The second kappa shape index (κ2) is 8.50. The normalized spacial score (nSPS) is 10.3. The Morgan fingerprint density at radius 3 is 2.46 bits per heavy atom. The molecule has 0 spiro atoms. The number of amides is 2. The van der Waals surface area contributed by atoms with Gasteiger partial charge in [0.1, 0.15) is 0 Å². The van der Waals surface area contributed by atoms with E-state index in [1.807, 2.05) is 37.3 Å². The number of nitrogens with zero attached hydrogens (tertiary/aromatic N) is 1. The molecule has 0 aliphatic rings. The predicted octanol–water partition coefficient (Wildman–Crippen LogP) is 4.03. The average molecular weight is 345 g/mol. The maximum absolute atomic E-state index is 12.9. The number of nitrogens with one attached hydrogen (secondary N) is 1. The van der Waals surface area contributed by atoms with Crippen LogP contribution in [0.2, 0.25) is 5.02 Å². The minimum absolute atomic E-state index is 0.0659. The van der Waals surface area contributed by atoms with Crippen LogP contribution in [0, 0.1) is 0 Å². The van der Waals surface area contributed by atoms with Crippen LogP contribution < -0.4 is 10.2 Å². The fourth-order valence-corrected chi connectivity index (χ4v) is 2.52. The van der Waals surface area contributed by atoms with Gasteiger partial charge < -0.3 is 10.2 Å². The fourth-order valence-electron chi connectivity index (χ4n) is 2.39. The van der Waals surface area contributed by atoms with Crippen molar-refractivity contribution in [3.05, 3.63) is 64.7 Å². The van der Waals surface area contributed by atoms with E-state index in [1.54, 1.807) is 23.1 Å². The van der Waals surface area contributed by atoms with E-state index < -0.39 is 0 Å². The molecule has 0 atom stereocenters. The first kappa shape index (κ1) is 18.0. The fraction of sp³-hybridized carbons (Fsp3) is 0.263. The number of anilines is 1. The summed E-state index contributed by atoms with van der Waals surface area (Å²) in [5.74, 6) is -0.163. The molecule has 2 aromatic carbocycles. The van der Waals surface area contributed by atoms with Gasteiger partial charge in [-0.3, -0.25) is 9.59 Å². The van der Waals surface area contributed by atoms with Gasteiger partial charge in [-0.2, -0.15) is 0 Å². The zero-order valence-electron chi connectivity index (χ0n) is 13.9. The lowest BCUT2D eigenvalue weighted by Crippen LogP contribution is -2.31. The molecule has 4 nitrogen and oxygen atoms in total. The molecule has 0 radical (unpaired) electrons. The highest BCUT2D eigenvalue weighted by molar-refractivity contribution is 6.30. The monoisotopic (exact) mass is 344 g/mol. The van der Waals surface area contributed by atoms with Crippen molar-refractivity contribution in [2.45, 2.75) is 26.8 Å². The van der Waals surface area contributed by atoms with Gasteiger partial charge in [-0.05, 0) is 48.4 Å². The van der Waals surface area contributed by atoms with Crippen LogP contribution in [0.3, 0.4) is 0 Å². The quantitative estimate of drug-likeness (QED) is 0.860.